The van der Waals surface area contributed by atoms with Crippen LogP contribution in [0.15, 0.2) is 18.2 Å². The van der Waals surface area contributed by atoms with Gasteiger partial charge in [-0.15, -0.1) is 11.8 Å². The van der Waals surface area contributed by atoms with Gasteiger partial charge in [-0.05, 0) is 25.1 Å². The number of benzene rings is 1. The Morgan fingerprint density at radius 1 is 1.30 bits per heavy atom. The number of methoxy groups -OCH3 is 2. The standard InChI is InChI=1S/C19H29N3O4S/c1-13-18(24)22(10-8-17(23)20-9-11-21(2)3)19(27-13)15-12-14(25-4)6-7-16(15)26-5/h6-7,12-13,19H,8-11H2,1-5H3,(H,20,23)/p+1/t13-,19-/m1/s1. The highest BCUT2D eigenvalue weighted by Gasteiger charge is 2.39. The van der Waals surface area contributed by atoms with E-state index in [1.54, 1.807) is 30.9 Å². The lowest BCUT2D eigenvalue weighted by atomic mass is 10.1. The average Bonchev–Trinajstić information content (AvgIpc) is 2.93. The van der Waals surface area contributed by atoms with Gasteiger partial charge in [0.1, 0.15) is 16.9 Å². The second-order valence-corrected chi connectivity index (χ2v) is 8.25. The Morgan fingerprint density at radius 3 is 2.67 bits per heavy atom. The van der Waals surface area contributed by atoms with Crippen LogP contribution >= 0.6 is 11.8 Å². The molecule has 1 aliphatic rings. The molecule has 2 amide bonds. The molecule has 1 heterocycles. The van der Waals surface area contributed by atoms with Crippen molar-refractivity contribution in [3.8, 4) is 11.5 Å². The SMILES string of the molecule is COc1ccc(OC)c([C@H]2S[C@H](C)C(=O)N2CCC(=O)NCC[NH+](C)C)c1. The Labute approximate surface area is 165 Å². The third kappa shape index (κ3) is 5.52. The monoisotopic (exact) mass is 396 g/mol. The predicted octanol–water partition coefficient (Wildman–Crippen LogP) is 0.317. The summed E-state index contributed by atoms with van der Waals surface area (Å²) in [5, 5.41) is 2.55. The molecule has 1 saturated heterocycles. The Balaban J connectivity index is 2.10. The van der Waals surface area contributed by atoms with Crippen LogP contribution in [0.4, 0.5) is 0 Å². The third-order valence-corrected chi connectivity index (χ3v) is 5.85. The summed E-state index contributed by atoms with van der Waals surface area (Å²) >= 11 is 1.56. The minimum absolute atomic E-state index is 0.0371. The maximum Gasteiger partial charge on any atom is 0.236 e. The highest BCUT2D eigenvalue weighted by atomic mass is 32.2. The molecule has 2 atom stereocenters. The molecule has 2 rings (SSSR count). The summed E-state index contributed by atoms with van der Waals surface area (Å²) in [4.78, 5) is 27.8. The van der Waals surface area contributed by atoms with E-state index in [1.165, 1.54) is 4.90 Å². The Bertz CT molecular complexity index is 668. The number of nitrogens with one attached hydrogen (secondary N) is 2. The summed E-state index contributed by atoms with van der Waals surface area (Å²) in [5.74, 6) is 1.42. The lowest BCUT2D eigenvalue weighted by Crippen LogP contribution is -3.06. The van der Waals surface area contributed by atoms with Crippen molar-refractivity contribution in [3.05, 3.63) is 23.8 Å². The molecule has 0 radical (unpaired) electrons. The summed E-state index contributed by atoms with van der Waals surface area (Å²) in [5.41, 5.74) is 0.885. The van der Waals surface area contributed by atoms with Crippen LogP contribution in [0.1, 0.15) is 24.3 Å². The van der Waals surface area contributed by atoms with Crippen LogP contribution in [-0.4, -0.2) is 69.9 Å². The van der Waals surface area contributed by atoms with Gasteiger partial charge in [-0.25, -0.2) is 0 Å². The first-order valence-corrected chi connectivity index (χ1v) is 10.0. The van der Waals surface area contributed by atoms with Crippen molar-refractivity contribution in [2.24, 2.45) is 0 Å². The first kappa shape index (κ1) is 21.4. The number of ether oxygens (including phenoxy) is 2. The molecule has 1 fully saturated rings. The largest absolute Gasteiger partial charge is 0.497 e. The molecule has 2 N–H and O–H groups in total. The maximum atomic E-state index is 12.7. The summed E-state index contributed by atoms with van der Waals surface area (Å²) in [7, 11) is 7.30. The van der Waals surface area contributed by atoms with Gasteiger partial charge < -0.3 is 24.6 Å². The van der Waals surface area contributed by atoms with Gasteiger partial charge in [0, 0.05) is 18.5 Å². The van der Waals surface area contributed by atoms with Gasteiger partial charge in [0.15, 0.2) is 0 Å². The lowest BCUT2D eigenvalue weighted by molar-refractivity contribution is -0.856. The van der Waals surface area contributed by atoms with Gasteiger partial charge in [-0.2, -0.15) is 0 Å². The van der Waals surface area contributed by atoms with E-state index in [-0.39, 0.29) is 28.9 Å². The van der Waals surface area contributed by atoms with E-state index >= 15 is 0 Å². The fourth-order valence-electron chi connectivity index (χ4n) is 2.94. The van der Waals surface area contributed by atoms with Gasteiger partial charge >= 0.3 is 0 Å². The molecule has 1 aliphatic heterocycles. The quantitative estimate of drug-likeness (QED) is 0.629. The highest BCUT2D eigenvalue weighted by molar-refractivity contribution is 8.01. The molecule has 7 nitrogen and oxygen atoms in total. The molecular weight excluding hydrogens is 366 g/mol. The van der Waals surface area contributed by atoms with E-state index in [0.29, 0.717) is 24.6 Å². The van der Waals surface area contributed by atoms with Gasteiger partial charge in [0.2, 0.25) is 11.8 Å². The van der Waals surface area contributed by atoms with Crippen molar-refractivity contribution in [1.29, 1.82) is 0 Å². The number of carbonyl (C=O) groups is 2. The fraction of sp³-hybridized carbons (Fsp3) is 0.579. The van der Waals surface area contributed by atoms with E-state index < -0.39 is 0 Å². The van der Waals surface area contributed by atoms with Crippen molar-refractivity contribution in [3.63, 3.8) is 0 Å². The molecule has 0 unspecified atom stereocenters. The predicted molar refractivity (Wildman–Crippen MR) is 106 cm³/mol. The lowest BCUT2D eigenvalue weighted by Gasteiger charge is -2.25. The van der Waals surface area contributed by atoms with Crippen LogP contribution in [0.25, 0.3) is 0 Å². The number of hydrogen-bond donors (Lipinski definition) is 2. The summed E-state index contributed by atoms with van der Waals surface area (Å²) in [6.45, 7) is 3.77. The zero-order valence-electron chi connectivity index (χ0n) is 16.7. The van der Waals surface area contributed by atoms with Crippen molar-refractivity contribution in [2.75, 3.05) is 47.9 Å². The van der Waals surface area contributed by atoms with E-state index in [4.69, 9.17) is 9.47 Å². The Kier molecular flexibility index (Phi) is 7.79. The molecule has 0 saturated carbocycles. The van der Waals surface area contributed by atoms with Crippen molar-refractivity contribution >= 4 is 23.6 Å². The molecule has 1 aromatic rings. The van der Waals surface area contributed by atoms with E-state index in [9.17, 15) is 9.59 Å². The van der Waals surface area contributed by atoms with Gasteiger partial charge in [-0.1, -0.05) is 0 Å². The number of thioether (sulfide) groups is 1. The summed E-state index contributed by atoms with van der Waals surface area (Å²) in [6, 6.07) is 5.57. The maximum absolute atomic E-state index is 12.7. The first-order valence-electron chi connectivity index (χ1n) is 9.11. The van der Waals surface area contributed by atoms with Gasteiger partial charge in [0.05, 0.1) is 46.7 Å². The molecule has 27 heavy (non-hydrogen) atoms. The molecular formula is C19H30N3O4S+. The van der Waals surface area contributed by atoms with Crippen LogP contribution in [0.5, 0.6) is 11.5 Å². The average molecular weight is 397 g/mol. The molecule has 0 aromatic heterocycles. The van der Waals surface area contributed by atoms with Crippen LogP contribution in [0, 0.1) is 0 Å². The van der Waals surface area contributed by atoms with Crippen LogP contribution < -0.4 is 19.7 Å². The Morgan fingerprint density at radius 2 is 2.04 bits per heavy atom. The van der Waals surface area contributed by atoms with Crippen molar-refractivity contribution < 1.29 is 24.0 Å². The first-order chi connectivity index (χ1) is 12.9. The zero-order valence-corrected chi connectivity index (χ0v) is 17.5. The normalized spacial score (nSPS) is 19.5. The molecule has 1 aromatic carbocycles. The smallest absolute Gasteiger partial charge is 0.236 e. The van der Waals surface area contributed by atoms with Crippen LogP contribution in [-0.2, 0) is 9.59 Å². The zero-order chi connectivity index (χ0) is 20.0. The van der Waals surface area contributed by atoms with E-state index in [0.717, 1.165) is 12.1 Å². The van der Waals surface area contributed by atoms with E-state index in [2.05, 4.69) is 5.32 Å². The minimum atomic E-state index is -0.198. The minimum Gasteiger partial charge on any atom is -0.497 e. The molecule has 8 heteroatoms. The topological polar surface area (TPSA) is 72.3 Å². The second-order valence-electron chi connectivity index (χ2n) is 6.83. The number of likely N-dealkylation sites (N-methyl/N-ethyl adjacent to an activating group) is 1. The number of carbonyl (C=O) groups excluding carboxylic acids is 2. The van der Waals surface area contributed by atoms with Crippen LogP contribution in [0.3, 0.4) is 0 Å². The molecule has 0 spiro atoms. The van der Waals surface area contributed by atoms with E-state index in [1.807, 2.05) is 39.2 Å². The number of quaternary nitrogens is 1. The number of amides is 2. The molecule has 150 valence electrons. The number of hydrogen-bond acceptors (Lipinski definition) is 5. The van der Waals surface area contributed by atoms with Crippen molar-refractivity contribution in [2.45, 2.75) is 24.0 Å². The fourth-order valence-corrected chi connectivity index (χ4v) is 4.26. The van der Waals surface area contributed by atoms with Gasteiger partial charge in [-0.3, -0.25) is 9.59 Å². The summed E-state index contributed by atoms with van der Waals surface area (Å²) < 4.78 is 10.8. The van der Waals surface area contributed by atoms with Crippen molar-refractivity contribution in [1.82, 2.24) is 10.2 Å². The summed E-state index contributed by atoms with van der Waals surface area (Å²) in [6.07, 6.45) is 0.282. The Hall–Kier alpha value is -1.93. The van der Waals surface area contributed by atoms with Crippen LogP contribution in [0.2, 0.25) is 0 Å². The molecule has 0 aliphatic carbocycles. The number of nitrogens with zero attached hydrogens (tertiary/aromatic N) is 1. The highest BCUT2D eigenvalue weighted by Crippen LogP contribution is 2.46. The third-order valence-electron chi connectivity index (χ3n) is 4.48. The number of rotatable bonds is 9. The van der Waals surface area contributed by atoms with Gasteiger partial charge in [0.25, 0.3) is 0 Å². The second kappa shape index (κ2) is 9.85. The molecule has 0 bridgehead atoms.